The maximum atomic E-state index is 13.2. The quantitative estimate of drug-likeness (QED) is 0.354. The molecule has 2 aromatic rings. The lowest BCUT2D eigenvalue weighted by atomic mass is 9.97. The van der Waals surface area contributed by atoms with Gasteiger partial charge in [-0.25, -0.2) is 4.98 Å². The van der Waals surface area contributed by atoms with E-state index < -0.39 is 34.8 Å². The van der Waals surface area contributed by atoms with Crippen LogP contribution in [0, 0.1) is 16.0 Å². The summed E-state index contributed by atoms with van der Waals surface area (Å²) >= 11 is 0. The van der Waals surface area contributed by atoms with Gasteiger partial charge in [-0.05, 0) is 25.8 Å². The average molecular weight is 454 g/mol. The van der Waals surface area contributed by atoms with Crippen molar-refractivity contribution >= 4 is 17.5 Å². The molecule has 0 unspecified atom stereocenters. The van der Waals surface area contributed by atoms with Gasteiger partial charge in [0.15, 0.2) is 0 Å². The summed E-state index contributed by atoms with van der Waals surface area (Å²) in [6.45, 7) is 2.06. The molecule has 0 N–H and O–H groups in total. The number of ether oxygens (including phenoxy) is 2. The van der Waals surface area contributed by atoms with E-state index in [0.717, 1.165) is 12.4 Å². The molecule has 2 heterocycles. The molecule has 12 heteroatoms. The first-order valence-electron chi connectivity index (χ1n) is 9.91. The van der Waals surface area contributed by atoms with Crippen LogP contribution in [0.2, 0.25) is 0 Å². The Morgan fingerprint density at radius 2 is 1.94 bits per heavy atom. The highest BCUT2D eigenvalue weighted by molar-refractivity contribution is 5.73. The molecule has 1 aliphatic rings. The summed E-state index contributed by atoms with van der Waals surface area (Å²) in [7, 11) is 0. The molecular weight excluding hydrogens is 433 g/mol. The van der Waals surface area contributed by atoms with Crippen LogP contribution in [0.3, 0.4) is 0 Å². The van der Waals surface area contributed by atoms with Crippen LogP contribution in [0.25, 0.3) is 0 Å². The van der Waals surface area contributed by atoms with E-state index in [1.54, 1.807) is 11.8 Å². The van der Waals surface area contributed by atoms with Crippen molar-refractivity contribution in [2.24, 2.45) is 5.92 Å². The summed E-state index contributed by atoms with van der Waals surface area (Å²) in [6, 6.07) is 4.81. The minimum atomic E-state index is -4.59. The first-order chi connectivity index (χ1) is 15.2. The second-order valence-corrected chi connectivity index (χ2v) is 7.07. The molecule has 32 heavy (non-hydrogen) atoms. The van der Waals surface area contributed by atoms with Gasteiger partial charge in [0.05, 0.1) is 23.0 Å². The molecule has 0 aliphatic carbocycles. The SMILES string of the molecule is CCOC(=O)C1CCN(c2ncnc(OCc3ccccc3C(F)(F)F)c2[N+](=O)[O-])CC1. The van der Waals surface area contributed by atoms with E-state index in [2.05, 4.69) is 9.97 Å². The number of halogens is 3. The van der Waals surface area contributed by atoms with Gasteiger partial charge in [0.1, 0.15) is 12.9 Å². The number of aromatic nitrogens is 2. The van der Waals surface area contributed by atoms with Crippen LogP contribution in [0.4, 0.5) is 24.7 Å². The van der Waals surface area contributed by atoms with Gasteiger partial charge in [-0.1, -0.05) is 18.2 Å². The van der Waals surface area contributed by atoms with Crippen LogP contribution < -0.4 is 9.64 Å². The molecule has 1 fully saturated rings. The lowest BCUT2D eigenvalue weighted by molar-refractivity contribution is -0.385. The summed E-state index contributed by atoms with van der Waals surface area (Å²) in [5, 5.41) is 11.7. The monoisotopic (exact) mass is 454 g/mol. The lowest BCUT2D eigenvalue weighted by Crippen LogP contribution is -2.37. The van der Waals surface area contributed by atoms with E-state index in [1.807, 2.05) is 0 Å². The van der Waals surface area contributed by atoms with Gasteiger partial charge in [0, 0.05) is 18.7 Å². The van der Waals surface area contributed by atoms with Crippen molar-refractivity contribution in [1.82, 2.24) is 9.97 Å². The first-order valence-corrected chi connectivity index (χ1v) is 9.91. The maximum Gasteiger partial charge on any atom is 0.416 e. The van der Waals surface area contributed by atoms with E-state index in [4.69, 9.17) is 9.47 Å². The number of nitrogens with zero attached hydrogens (tertiary/aromatic N) is 4. The predicted molar refractivity (Wildman–Crippen MR) is 106 cm³/mol. The first kappa shape index (κ1) is 23.2. The van der Waals surface area contributed by atoms with Gasteiger partial charge >= 0.3 is 17.8 Å². The third-order valence-corrected chi connectivity index (χ3v) is 5.05. The summed E-state index contributed by atoms with van der Waals surface area (Å²) in [5.74, 6) is -1.05. The van der Waals surface area contributed by atoms with E-state index in [1.165, 1.54) is 18.2 Å². The van der Waals surface area contributed by atoms with E-state index >= 15 is 0 Å². The molecule has 1 saturated heterocycles. The molecule has 1 aromatic carbocycles. The molecule has 0 radical (unpaired) electrons. The fraction of sp³-hybridized carbons (Fsp3) is 0.450. The molecule has 0 spiro atoms. The molecule has 0 amide bonds. The third-order valence-electron chi connectivity index (χ3n) is 5.05. The Balaban J connectivity index is 1.80. The molecule has 1 aliphatic heterocycles. The van der Waals surface area contributed by atoms with Crippen LogP contribution >= 0.6 is 0 Å². The Morgan fingerprint density at radius 3 is 2.56 bits per heavy atom. The summed E-state index contributed by atoms with van der Waals surface area (Å²) in [5.41, 5.74) is -1.60. The zero-order valence-corrected chi connectivity index (χ0v) is 17.2. The van der Waals surface area contributed by atoms with E-state index in [-0.39, 0.29) is 29.9 Å². The number of anilines is 1. The number of carbonyl (C=O) groups excluding carboxylic acids is 1. The highest BCUT2D eigenvalue weighted by Gasteiger charge is 2.35. The Morgan fingerprint density at radius 1 is 1.25 bits per heavy atom. The highest BCUT2D eigenvalue weighted by atomic mass is 19.4. The smallest absolute Gasteiger partial charge is 0.416 e. The predicted octanol–water partition coefficient (Wildman–Crippen LogP) is 3.76. The standard InChI is InChI=1S/C20H21F3N4O5/c1-2-31-19(28)13-7-9-26(10-8-13)17-16(27(29)30)18(25-12-24-17)32-11-14-5-3-4-6-15(14)20(21,22)23/h3-6,12-13H,2,7-11H2,1H3. The van der Waals surface area contributed by atoms with Gasteiger partial charge in [0.25, 0.3) is 5.88 Å². The minimum absolute atomic E-state index is 0.00795. The number of rotatable bonds is 7. The number of carbonyl (C=O) groups is 1. The largest absolute Gasteiger partial charge is 0.468 e. The second-order valence-electron chi connectivity index (χ2n) is 7.07. The number of benzene rings is 1. The Hall–Kier alpha value is -3.44. The summed E-state index contributed by atoms with van der Waals surface area (Å²) in [4.78, 5) is 32.3. The number of hydrogen-bond acceptors (Lipinski definition) is 8. The number of nitro groups is 1. The Bertz CT molecular complexity index is 978. The fourth-order valence-corrected chi connectivity index (χ4v) is 3.51. The Kier molecular flexibility index (Phi) is 7.11. The normalized spacial score (nSPS) is 14.8. The van der Waals surface area contributed by atoms with Crippen molar-refractivity contribution in [3.05, 3.63) is 51.8 Å². The van der Waals surface area contributed by atoms with Crippen molar-refractivity contribution in [3.8, 4) is 5.88 Å². The Labute approximate surface area is 181 Å². The molecule has 3 rings (SSSR count). The molecule has 172 valence electrons. The van der Waals surface area contributed by atoms with Crippen molar-refractivity contribution in [1.29, 1.82) is 0 Å². The van der Waals surface area contributed by atoms with E-state index in [9.17, 15) is 28.1 Å². The van der Waals surface area contributed by atoms with Gasteiger partial charge < -0.3 is 14.4 Å². The highest BCUT2D eigenvalue weighted by Crippen LogP contribution is 2.37. The summed E-state index contributed by atoms with van der Waals surface area (Å²) in [6.07, 6.45) is -2.68. The zero-order chi connectivity index (χ0) is 23.3. The van der Waals surface area contributed by atoms with Crippen molar-refractivity contribution in [2.45, 2.75) is 32.5 Å². The lowest BCUT2D eigenvalue weighted by Gasteiger charge is -2.31. The molecule has 0 bridgehead atoms. The molecule has 9 nitrogen and oxygen atoms in total. The van der Waals surface area contributed by atoms with Crippen LogP contribution in [-0.4, -0.2) is 40.6 Å². The molecule has 0 saturated carbocycles. The van der Waals surface area contributed by atoms with Crippen LogP contribution in [0.1, 0.15) is 30.9 Å². The van der Waals surface area contributed by atoms with Crippen LogP contribution in [-0.2, 0) is 22.3 Å². The molecular formula is C20H21F3N4O5. The van der Waals surface area contributed by atoms with Crippen molar-refractivity contribution < 1.29 is 32.4 Å². The van der Waals surface area contributed by atoms with Crippen molar-refractivity contribution in [3.63, 3.8) is 0 Å². The van der Waals surface area contributed by atoms with Crippen LogP contribution in [0.15, 0.2) is 30.6 Å². The van der Waals surface area contributed by atoms with Gasteiger partial charge in [-0.3, -0.25) is 14.9 Å². The number of hydrogen-bond donors (Lipinski definition) is 0. The number of esters is 1. The zero-order valence-electron chi connectivity index (χ0n) is 17.2. The minimum Gasteiger partial charge on any atom is -0.468 e. The fourth-order valence-electron chi connectivity index (χ4n) is 3.51. The molecule has 1 aromatic heterocycles. The number of alkyl halides is 3. The molecule has 0 atom stereocenters. The van der Waals surface area contributed by atoms with Gasteiger partial charge in [-0.15, -0.1) is 0 Å². The average Bonchev–Trinajstić information content (AvgIpc) is 2.77. The maximum absolute atomic E-state index is 13.2. The van der Waals surface area contributed by atoms with Gasteiger partial charge in [0.2, 0.25) is 5.82 Å². The van der Waals surface area contributed by atoms with Crippen molar-refractivity contribution in [2.75, 3.05) is 24.6 Å². The van der Waals surface area contributed by atoms with Gasteiger partial charge in [-0.2, -0.15) is 18.2 Å². The van der Waals surface area contributed by atoms with Crippen LogP contribution in [0.5, 0.6) is 5.88 Å². The third kappa shape index (κ3) is 5.24. The summed E-state index contributed by atoms with van der Waals surface area (Å²) < 4.78 is 50.0. The number of piperidine rings is 1. The second kappa shape index (κ2) is 9.79. The topological polar surface area (TPSA) is 108 Å². The van der Waals surface area contributed by atoms with E-state index in [0.29, 0.717) is 25.9 Å².